The first kappa shape index (κ1) is 13.3. The summed E-state index contributed by atoms with van der Waals surface area (Å²) in [5.41, 5.74) is -0.373. The SMILES string of the molecule is CCCCCC(C)P(O)(O)(O)CC. The monoisotopic (exact) mass is 210 g/mol. The Hall–Kier alpha value is 0.310. The van der Waals surface area contributed by atoms with Crippen LogP contribution in [0, 0.1) is 0 Å². The van der Waals surface area contributed by atoms with Crippen LogP contribution in [0.5, 0.6) is 0 Å². The third-order valence-corrected chi connectivity index (χ3v) is 6.01. The van der Waals surface area contributed by atoms with Crippen molar-refractivity contribution in [3.8, 4) is 0 Å². The molecule has 0 saturated carbocycles. The van der Waals surface area contributed by atoms with Gasteiger partial charge in [0.15, 0.2) is 0 Å². The third kappa shape index (κ3) is 4.37. The molecule has 0 heterocycles. The number of unbranched alkanes of at least 4 members (excludes halogenated alkanes) is 2. The number of hydrogen-bond acceptors (Lipinski definition) is 3. The van der Waals surface area contributed by atoms with E-state index in [9.17, 15) is 14.7 Å². The quantitative estimate of drug-likeness (QED) is 0.465. The molecule has 0 aromatic carbocycles. The zero-order valence-corrected chi connectivity index (χ0v) is 9.80. The average Bonchev–Trinajstić information content (AvgIpc) is 2.04. The van der Waals surface area contributed by atoms with E-state index >= 15 is 0 Å². The summed E-state index contributed by atoms with van der Waals surface area (Å²) < 4.78 is 0. The van der Waals surface area contributed by atoms with Gasteiger partial charge < -0.3 is 0 Å². The molecule has 0 aliphatic heterocycles. The van der Waals surface area contributed by atoms with Crippen molar-refractivity contribution in [2.24, 2.45) is 0 Å². The van der Waals surface area contributed by atoms with Crippen molar-refractivity contribution in [1.82, 2.24) is 0 Å². The van der Waals surface area contributed by atoms with Gasteiger partial charge in [0.05, 0.1) is 0 Å². The Morgan fingerprint density at radius 1 is 1.08 bits per heavy atom. The average molecular weight is 210 g/mol. The van der Waals surface area contributed by atoms with E-state index in [1.165, 1.54) is 0 Å². The Labute approximate surface area is 81.0 Å². The fourth-order valence-corrected chi connectivity index (χ4v) is 2.60. The summed E-state index contributed by atoms with van der Waals surface area (Å²) >= 11 is 0. The predicted octanol–water partition coefficient (Wildman–Crippen LogP) is 2.25. The summed E-state index contributed by atoms with van der Waals surface area (Å²) in [6.07, 6.45) is 3.91. The van der Waals surface area contributed by atoms with Gasteiger partial charge in [-0.05, 0) is 0 Å². The van der Waals surface area contributed by atoms with E-state index in [-0.39, 0.29) is 11.8 Å². The van der Waals surface area contributed by atoms with Crippen molar-refractivity contribution in [2.45, 2.75) is 52.1 Å². The fraction of sp³-hybridized carbons (Fsp3) is 1.00. The van der Waals surface area contributed by atoms with E-state index in [0.717, 1.165) is 19.3 Å². The molecule has 0 saturated heterocycles. The molecule has 0 aliphatic rings. The van der Waals surface area contributed by atoms with Gasteiger partial charge in [-0.15, -0.1) is 0 Å². The van der Waals surface area contributed by atoms with Crippen molar-refractivity contribution in [3.05, 3.63) is 0 Å². The molecule has 13 heavy (non-hydrogen) atoms. The van der Waals surface area contributed by atoms with E-state index in [2.05, 4.69) is 6.92 Å². The molecule has 0 aliphatic carbocycles. The zero-order chi connectivity index (χ0) is 10.6. The minimum absolute atomic E-state index is 0.0683. The molecule has 1 atom stereocenters. The van der Waals surface area contributed by atoms with Gasteiger partial charge in [0.1, 0.15) is 0 Å². The Balaban J connectivity index is 4.02. The Kier molecular flexibility index (Phi) is 4.81. The zero-order valence-electron chi connectivity index (χ0n) is 8.90. The van der Waals surface area contributed by atoms with Crippen molar-refractivity contribution in [2.75, 3.05) is 6.16 Å². The topological polar surface area (TPSA) is 60.7 Å². The van der Waals surface area contributed by atoms with Crippen LogP contribution in [0.1, 0.15) is 46.5 Å². The van der Waals surface area contributed by atoms with Crippen molar-refractivity contribution in [1.29, 1.82) is 0 Å². The summed E-state index contributed by atoms with van der Waals surface area (Å²) in [5, 5.41) is 0. The second kappa shape index (κ2) is 4.70. The molecule has 1 unspecified atom stereocenters. The minimum atomic E-state index is -4.29. The van der Waals surface area contributed by atoms with Crippen LogP contribution in [-0.2, 0) is 0 Å². The van der Waals surface area contributed by atoms with Crippen molar-refractivity contribution < 1.29 is 14.7 Å². The molecule has 0 spiro atoms. The molecule has 0 amide bonds. The van der Waals surface area contributed by atoms with Gasteiger partial charge >= 0.3 is 80.2 Å². The van der Waals surface area contributed by atoms with Gasteiger partial charge in [0.2, 0.25) is 0 Å². The van der Waals surface area contributed by atoms with Crippen LogP contribution >= 0.6 is 7.28 Å². The summed E-state index contributed by atoms with van der Waals surface area (Å²) in [5.74, 6) is 0. The first-order valence-electron chi connectivity index (χ1n) is 5.07. The normalized spacial score (nSPS) is 17.8. The summed E-state index contributed by atoms with van der Waals surface area (Å²) in [6.45, 7) is 5.44. The molecular formula is C9H23O3P. The fourth-order valence-electron chi connectivity index (χ4n) is 1.27. The Morgan fingerprint density at radius 2 is 1.62 bits per heavy atom. The Morgan fingerprint density at radius 3 is 2.00 bits per heavy atom. The van der Waals surface area contributed by atoms with E-state index < -0.39 is 7.28 Å². The van der Waals surface area contributed by atoms with Gasteiger partial charge in [0.25, 0.3) is 0 Å². The van der Waals surface area contributed by atoms with E-state index in [0.29, 0.717) is 6.42 Å². The van der Waals surface area contributed by atoms with Crippen LogP contribution in [0.2, 0.25) is 0 Å². The molecule has 0 fully saturated rings. The van der Waals surface area contributed by atoms with E-state index in [4.69, 9.17) is 0 Å². The van der Waals surface area contributed by atoms with Gasteiger partial charge in [-0.25, -0.2) is 0 Å². The van der Waals surface area contributed by atoms with Crippen LogP contribution in [0.15, 0.2) is 0 Å². The van der Waals surface area contributed by atoms with Crippen molar-refractivity contribution in [3.63, 3.8) is 0 Å². The second-order valence-electron chi connectivity index (χ2n) is 3.88. The molecule has 4 heteroatoms. The Bertz CT molecular complexity index is 151. The third-order valence-electron chi connectivity index (χ3n) is 2.74. The van der Waals surface area contributed by atoms with Gasteiger partial charge in [0, 0.05) is 0 Å². The summed E-state index contributed by atoms with van der Waals surface area (Å²) in [6, 6.07) is 0. The van der Waals surface area contributed by atoms with Crippen LogP contribution in [0.3, 0.4) is 0 Å². The first-order chi connectivity index (χ1) is 5.82. The molecule has 0 radical (unpaired) electrons. The van der Waals surface area contributed by atoms with Gasteiger partial charge in [-0.3, -0.25) is 0 Å². The number of hydrogen-bond donors (Lipinski definition) is 3. The molecule has 0 aromatic rings. The van der Waals surface area contributed by atoms with Crippen molar-refractivity contribution >= 4 is 7.28 Å². The van der Waals surface area contributed by atoms with Crippen LogP contribution in [0.4, 0.5) is 0 Å². The molecule has 3 N–H and O–H groups in total. The molecule has 82 valence electrons. The molecular weight excluding hydrogens is 187 g/mol. The van der Waals surface area contributed by atoms with Crippen LogP contribution in [-0.4, -0.2) is 26.5 Å². The molecule has 3 nitrogen and oxygen atoms in total. The second-order valence-corrected chi connectivity index (χ2v) is 7.84. The van der Waals surface area contributed by atoms with E-state index in [1.54, 1.807) is 13.8 Å². The molecule has 0 aromatic heterocycles. The maximum absolute atomic E-state index is 9.60. The van der Waals surface area contributed by atoms with E-state index in [1.807, 2.05) is 0 Å². The molecule has 0 bridgehead atoms. The molecule has 0 rings (SSSR count). The van der Waals surface area contributed by atoms with Crippen LogP contribution in [0.25, 0.3) is 0 Å². The van der Waals surface area contributed by atoms with Gasteiger partial charge in [-0.1, -0.05) is 0 Å². The standard InChI is InChI=1S/C9H23O3P/c1-4-6-7-8-9(3)13(10,11,12)5-2/h9-12H,4-8H2,1-3H3. The number of rotatable bonds is 6. The predicted molar refractivity (Wildman–Crippen MR) is 57.7 cm³/mol. The summed E-state index contributed by atoms with van der Waals surface area (Å²) in [7, 11) is -4.29. The first-order valence-corrected chi connectivity index (χ1v) is 7.42. The summed E-state index contributed by atoms with van der Waals surface area (Å²) in [4.78, 5) is 28.8. The van der Waals surface area contributed by atoms with Gasteiger partial charge in [-0.2, -0.15) is 0 Å². The maximum atomic E-state index is 9.60. The van der Waals surface area contributed by atoms with Crippen LogP contribution < -0.4 is 0 Å².